The van der Waals surface area contributed by atoms with E-state index in [4.69, 9.17) is 16.8 Å². The zero-order chi connectivity index (χ0) is 10.4. The summed E-state index contributed by atoms with van der Waals surface area (Å²) in [5, 5.41) is 8.50. The number of nitrogens with zero attached hydrogens (tertiary/aromatic N) is 2. The smallest absolute Gasteiger partial charge is 0.208 e. The van der Waals surface area contributed by atoms with E-state index in [9.17, 15) is 0 Å². The van der Waals surface area contributed by atoms with Crippen molar-refractivity contribution in [2.24, 2.45) is 16.6 Å². The largest absolute Gasteiger partial charge is 0.369 e. The first-order valence-corrected chi connectivity index (χ1v) is 4.03. The second-order valence-corrected chi connectivity index (χ2v) is 2.65. The molecule has 0 spiro atoms. The molecule has 0 aliphatic rings. The molecule has 0 bridgehead atoms. The molecule has 72 valence electrons. The van der Waals surface area contributed by atoms with Crippen LogP contribution in [-0.2, 0) is 6.42 Å². The lowest BCUT2D eigenvalue weighted by atomic mass is 10.1. The fraction of sp³-hybridized carbons (Fsp3) is 0.111. The van der Waals surface area contributed by atoms with Crippen LogP contribution in [0.1, 0.15) is 5.56 Å². The van der Waals surface area contributed by atoms with E-state index in [0.717, 1.165) is 5.56 Å². The molecule has 0 saturated heterocycles. The number of nitriles is 1. The lowest BCUT2D eigenvalue weighted by Gasteiger charge is -1.99. The van der Waals surface area contributed by atoms with E-state index in [1.165, 1.54) is 0 Å². The average molecular weight is 189 g/mol. The number of hydrogen-bond donors (Lipinski definition) is 3. The van der Waals surface area contributed by atoms with Crippen molar-refractivity contribution in [2.75, 3.05) is 0 Å². The quantitative estimate of drug-likeness (QED) is 0.267. The average Bonchev–Trinajstić information content (AvgIpc) is 2.19. The molecule has 5 nitrogen and oxygen atoms in total. The zero-order valence-corrected chi connectivity index (χ0v) is 7.57. The van der Waals surface area contributed by atoms with Crippen LogP contribution in [0.25, 0.3) is 0 Å². The molecule has 0 atom stereocenters. The maximum atomic E-state index is 8.50. The fourth-order valence-corrected chi connectivity index (χ4v) is 0.999. The highest BCUT2D eigenvalue weighted by Gasteiger charge is 1.94. The number of benzene rings is 1. The van der Waals surface area contributed by atoms with Gasteiger partial charge >= 0.3 is 0 Å². The Morgan fingerprint density at radius 3 is 3.00 bits per heavy atom. The van der Waals surface area contributed by atoms with Crippen molar-refractivity contribution < 1.29 is 0 Å². The number of hydrogen-bond acceptors (Lipinski definition) is 3. The Labute approximate surface area is 82.0 Å². The van der Waals surface area contributed by atoms with Gasteiger partial charge in [-0.05, 0) is 17.7 Å². The van der Waals surface area contributed by atoms with E-state index in [0.29, 0.717) is 12.1 Å². The van der Waals surface area contributed by atoms with Crippen LogP contribution in [0.4, 0.5) is 5.69 Å². The van der Waals surface area contributed by atoms with E-state index in [1.54, 1.807) is 12.1 Å². The SMILES string of the molecule is N#CCc1cccc(N=C(N)NN)c1. The highest BCUT2D eigenvalue weighted by Crippen LogP contribution is 2.13. The number of rotatable bonds is 2. The van der Waals surface area contributed by atoms with Crippen LogP contribution in [0.15, 0.2) is 29.3 Å². The van der Waals surface area contributed by atoms with Crippen molar-refractivity contribution in [3.63, 3.8) is 0 Å². The molecule has 14 heavy (non-hydrogen) atoms. The third kappa shape index (κ3) is 2.77. The zero-order valence-electron chi connectivity index (χ0n) is 7.57. The summed E-state index contributed by atoms with van der Waals surface area (Å²) in [6.45, 7) is 0. The van der Waals surface area contributed by atoms with Crippen LogP contribution in [0.2, 0.25) is 0 Å². The van der Waals surface area contributed by atoms with E-state index in [-0.39, 0.29) is 5.96 Å². The monoisotopic (exact) mass is 189 g/mol. The van der Waals surface area contributed by atoms with Crippen LogP contribution in [0, 0.1) is 11.3 Å². The molecule has 0 amide bonds. The second-order valence-electron chi connectivity index (χ2n) is 2.65. The first kappa shape index (κ1) is 10.0. The molecule has 1 rings (SSSR count). The summed E-state index contributed by atoms with van der Waals surface area (Å²) in [5.74, 6) is 5.20. The Morgan fingerprint density at radius 1 is 1.57 bits per heavy atom. The predicted molar refractivity (Wildman–Crippen MR) is 54.4 cm³/mol. The van der Waals surface area contributed by atoms with Gasteiger partial charge in [0.2, 0.25) is 5.96 Å². The summed E-state index contributed by atoms with van der Waals surface area (Å²) < 4.78 is 0. The third-order valence-corrected chi connectivity index (χ3v) is 1.59. The molecular weight excluding hydrogens is 178 g/mol. The fourth-order valence-electron chi connectivity index (χ4n) is 0.999. The van der Waals surface area contributed by atoms with Crippen molar-refractivity contribution in [1.29, 1.82) is 5.26 Å². The topological polar surface area (TPSA) is 100 Å². The van der Waals surface area contributed by atoms with Gasteiger partial charge in [0.15, 0.2) is 0 Å². The van der Waals surface area contributed by atoms with Crippen LogP contribution < -0.4 is 17.0 Å². The standard InChI is InChI=1S/C9H11N5/c10-5-4-7-2-1-3-8(6-7)13-9(11)14-12/h1-3,6H,4,12H2,(H3,11,13,14). The van der Waals surface area contributed by atoms with E-state index < -0.39 is 0 Å². The summed E-state index contributed by atoms with van der Waals surface area (Å²) in [4.78, 5) is 3.97. The first-order valence-electron chi connectivity index (χ1n) is 4.03. The van der Waals surface area contributed by atoms with Crippen LogP contribution >= 0.6 is 0 Å². The molecule has 0 aliphatic heterocycles. The predicted octanol–water partition coefficient (Wildman–Crippen LogP) is 0.162. The molecule has 0 saturated carbocycles. The van der Waals surface area contributed by atoms with Gasteiger partial charge in [0.05, 0.1) is 18.2 Å². The van der Waals surface area contributed by atoms with Crippen LogP contribution in [0.3, 0.4) is 0 Å². The van der Waals surface area contributed by atoms with Gasteiger partial charge in [-0.1, -0.05) is 12.1 Å². The molecular formula is C9H11N5. The Bertz CT molecular complexity index is 377. The number of nitrogens with two attached hydrogens (primary N) is 2. The Balaban J connectivity index is 2.89. The molecule has 0 fully saturated rings. The summed E-state index contributed by atoms with van der Waals surface area (Å²) >= 11 is 0. The second kappa shape index (κ2) is 4.84. The number of aliphatic imine (C=N–C) groups is 1. The van der Waals surface area contributed by atoms with Crippen LogP contribution in [0.5, 0.6) is 0 Å². The number of nitrogens with one attached hydrogen (secondary N) is 1. The van der Waals surface area contributed by atoms with Gasteiger partial charge in [-0.25, -0.2) is 10.8 Å². The highest BCUT2D eigenvalue weighted by molar-refractivity contribution is 5.80. The van der Waals surface area contributed by atoms with Gasteiger partial charge in [0.25, 0.3) is 0 Å². The van der Waals surface area contributed by atoms with Crippen molar-refractivity contribution in [1.82, 2.24) is 5.43 Å². The van der Waals surface area contributed by atoms with E-state index in [1.807, 2.05) is 12.1 Å². The maximum absolute atomic E-state index is 8.50. The summed E-state index contributed by atoms with van der Waals surface area (Å²) in [5.41, 5.74) is 9.18. The number of hydrazine groups is 1. The van der Waals surface area contributed by atoms with Gasteiger partial charge in [-0.2, -0.15) is 5.26 Å². The summed E-state index contributed by atoms with van der Waals surface area (Å²) in [7, 11) is 0. The molecule has 0 aliphatic carbocycles. The van der Waals surface area contributed by atoms with Crippen molar-refractivity contribution in [2.45, 2.75) is 6.42 Å². The van der Waals surface area contributed by atoms with Crippen molar-refractivity contribution >= 4 is 11.6 Å². The minimum Gasteiger partial charge on any atom is -0.369 e. The molecule has 5 N–H and O–H groups in total. The summed E-state index contributed by atoms with van der Waals surface area (Å²) in [6.07, 6.45) is 0.360. The normalized spacial score (nSPS) is 10.7. The van der Waals surface area contributed by atoms with E-state index in [2.05, 4.69) is 16.5 Å². The van der Waals surface area contributed by atoms with Gasteiger partial charge in [0.1, 0.15) is 0 Å². The highest BCUT2D eigenvalue weighted by atomic mass is 15.3. The minimum atomic E-state index is 0.138. The van der Waals surface area contributed by atoms with Crippen LogP contribution in [-0.4, -0.2) is 5.96 Å². The van der Waals surface area contributed by atoms with Gasteiger partial charge < -0.3 is 5.73 Å². The Kier molecular flexibility index (Phi) is 3.47. The minimum absolute atomic E-state index is 0.138. The number of guanidine groups is 1. The van der Waals surface area contributed by atoms with Gasteiger partial charge in [-0.15, -0.1) is 0 Å². The Hall–Kier alpha value is -2.06. The maximum Gasteiger partial charge on any atom is 0.208 e. The van der Waals surface area contributed by atoms with Gasteiger partial charge in [-0.3, -0.25) is 5.43 Å². The molecule has 0 unspecified atom stereocenters. The first-order chi connectivity index (χ1) is 6.76. The third-order valence-electron chi connectivity index (χ3n) is 1.59. The molecule has 0 heterocycles. The molecule has 0 radical (unpaired) electrons. The summed E-state index contributed by atoms with van der Waals surface area (Å²) in [6, 6.07) is 9.30. The van der Waals surface area contributed by atoms with E-state index >= 15 is 0 Å². The lowest BCUT2D eigenvalue weighted by molar-refractivity contribution is 1.01. The van der Waals surface area contributed by atoms with Crippen molar-refractivity contribution in [3.05, 3.63) is 29.8 Å². The van der Waals surface area contributed by atoms with Gasteiger partial charge in [0, 0.05) is 0 Å². The lowest BCUT2D eigenvalue weighted by Crippen LogP contribution is -2.36. The molecule has 5 heteroatoms. The molecule has 1 aromatic carbocycles. The molecule has 1 aromatic rings. The van der Waals surface area contributed by atoms with Crippen molar-refractivity contribution in [3.8, 4) is 6.07 Å². The Morgan fingerprint density at radius 2 is 2.36 bits per heavy atom. The molecule has 0 aromatic heterocycles.